The molecule has 0 radical (unpaired) electrons. The van der Waals surface area contributed by atoms with Gasteiger partial charge < -0.3 is 14.8 Å². The van der Waals surface area contributed by atoms with Crippen LogP contribution in [0, 0.1) is 0 Å². The second-order valence-electron chi connectivity index (χ2n) is 5.43. The molecule has 1 atom stereocenters. The van der Waals surface area contributed by atoms with Crippen LogP contribution in [0.15, 0.2) is 42.5 Å². The fourth-order valence-corrected chi connectivity index (χ4v) is 2.79. The van der Waals surface area contributed by atoms with Crippen molar-refractivity contribution in [2.75, 3.05) is 19.5 Å². The Kier molecular flexibility index (Phi) is 6.50. The number of halogens is 1. The Morgan fingerprint density at radius 1 is 1.12 bits per heavy atom. The number of benzene rings is 2. The summed E-state index contributed by atoms with van der Waals surface area (Å²) in [4.78, 5) is 12.8. The number of hydrogen-bond acceptors (Lipinski definition) is 3. The van der Waals surface area contributed by atoms with Gasteiger partial charge in [0.2, 0.25) is 5.91 Å². The minimum Gasteiger partial charge on any atom is -0.493 e. The largest absolute Gasteiger partial charge is 0.493 e. The summed E-state index contributed by atoms with van der Waals surface area (Å²) in [6.07, 6.45) is 1.67. The average molecular weight is 348 g/mol. The summed E-state index contributed by atoms with van der Waals surface area (Å²) in [5.74, 6) is 0.732. The van der Waals surface area contributed by atoms with Gasteiger partial charge in [-0.1, -0.05) is 55.3 Å². The number of anilines is 1. The van der Waals surface area contributed by atoms with Crippen molar-refractivity contribution in [2.45, 2.75) is 25.7 Å². The Labute approximate surface area is 147 Å². The van der Waals surface area contributed by atoms with E-state index < -0.39 is 0 Å². The Morgan fingerprint density at radius 2 is 1.75 bits per heavy atom. The zero-order valence-corrected chi connectivity index (χ0v) is 14.9. The maximum Gasteiger partial charge on any atom is 0.231 e. The number of hydrogen-bond donors (Lipinski definition) is 1. The number of rotatable bonds is 7. The third kappa shape index (κ3) is 4.20. The minimum atomic E-state index is -0.222. The molecule has 0 saturated heterocycles. The summed E-state index contributed by atoms with van der Waals surface area (Å²) in [5.41, 5.74) is 1.50. The van der Waals surface area contributed by atoms with Crippen LogP contribution in [0.4, 0.5) is 5.69 Å². The molecular formula is C19H22ClNO3. The van der Waals surface area contributed by atoms with Crippen LogP contribution in [0.2, 0.25) is 5.02 Å². The lowest BCUT2D eigenvalue weighted by molar-refractivity contribution is -0.117. The Bertz CT molecular complexity index is 689. The second-order valence-corrected chi connectivity index (χ2v) is 5.84. The fourth-order valence-electron chi connectivity index (χ4n) is 2.59. The van der Waals surface area contributed by atoms with Crippen LogP contribution >= 0.6 is 11.6 Å². The molecule has 0 bridgehead atoms. The molecule has 2 aromatic rings. The SMILES string of the molecule is CCCC(C(=O)Nc1cc(OC)c(OC)cc1Cl)c1ccccc1. The zero-order chi connectivity index (χ0) is 17.5. The molecule has 1 amide bonds. The molecule has 1 unspecified atom stereocenters. The van der Waals surface area contributed by atoms with E-state index >= 15 is 0 Å². The Morgan fingerprint density at radius 3 is 2.33 bits per heavy atom. The van der Waals surface area contributed by atoms with Gasteiger partial charge in [-0.05, 0) is 12.0 Å². The van der Waals surface area contributed by atoms with Crippen molar-refractivity contribution in [3.63, 3.8) is 0 Å². The average Bonchev–Trinajstić information content (AvgIpc) is 2.61. The molecule has 2 rings (SSSR count). The lowest BCUT2D eigenvalue weighted by Gasteiger charge is -2.18. The molecule has 128 valence electrons. The third-order valence-corrected chi connectivity index (χ3v) is 4.14. The van der Waals surface area contributed by atoms with E-state index in [-0.39, 0.29) is 11.8 Å². The van der Waals surface area contributed by atoms with Crippen LogP contribution in [-0.4, -0.2) is 20.1 Å². The van der Waals surface area contributed by atoms with Gasteiger partial charge in [0, 0.05) is 12.1 Å². The predicted octanol–water partition coefficient (Wildman–Crippen LogP) is 4.88. The highest BCUT2D eigenvalue weighted by Crippen LogP contribution is 2.36. The van der Waals surface area contributed by atoms with Gasteiger partial charge >= 0.3 is 0 Å². The highest BCUT2D eigenvalue weighted by atomic mass is 35.5. The van der Waals surface area contributed by atoms with Gasteiger partial charge in [-0.15, -0.1) is 0 Å². The van der Waals surface area contributed by atoms with Gasteiger partial charge in [-0.2, -0.15) is 0 Å². The molecule has 0 aliphatic carbocycles. The molecule has 0 aliphatic heterocycles. The van der Waals surface area contributed by atoms with Crippen molar-refractivity contribution < 1.29 is 14.3 Å². The lowest BCUT2D eigenvalue weighted by Crippen LogP contribution is -2.21. The summed E-state index contributed by atoms with van der Waals surface area (Å²) in [7, 11) is 3.08. The fraction of sp³-hybridized carbons (Fsp3) is 0.316. The van der Waals surface area contributed by atoms with E-state index in [2.05, 4.69) is 12.2 Å². The highest BCUT2D eigenvalue weighted by molar-refractivity contribution is 6.34. The van der Waals surface area contributed by atoms with E-state index in [0.717, 1.165) is 18.4 Å². The van der Waals surface area contributed by atoms with Crippen LogP contribution < -0.4 is 14.8 Å². The van der Waals surface area contributed by atoms with Crippen molar-refractivity contribution in [2.24, 2.45) is 0 Å². The van der Waals surface area contributed by atoms with Crippen LogP contribution in [0.5, 0.6) is 11.5 Å². The summed E-state index contributed by atoms with van der Waals surface area (Å²) < 4.78 is 10.5. The quantitative estimate of drug-likeness (QED) is 0.776. The molecular weight excluding hydrogens is 326 g/mol. The van der Waals surface area contributed by atoms with Crippen molar-refractivity contribution in [3.8, 4) is 11.5 Å². The molecule has 0 heterocycles. The van der Waals surface area contributed by atoms with E-state index in [1.807, 2.05) is 30.3 Å². The predicted molar refractivity (Wildman–Crippen MR) is 97.3 cm³/mol. The highest BCUT2D eigenvalue weighted by Gasteiger charge is 2.21. The first-order valence-electron chi connectivity index (χ1n) is 7.88. The zero-order valence-electron chi connectivity index (χ0n) is 14.1. The molecule has 0 spiro atoms. The van der Waals surface area contributed by atoms with Crippen molar-refractivity contribution in [3.05, 3.63) is 53.1 Å². The van der Waals surface area contributed by atoms with Crippen LogP contribution in [0.3, 0.4) is 0 Å². The number of nitrogens with one attached hydrogen (secondary N) is 1. The second kappa shape index (κ2) is 8.60. The van der Waals surface area contributed by atoms with Crippen molar-refractivity contribution in [1.82, 2.24) is 0 Å². The summed E-state index contributed by atoms with van der Waals surface area (Å²) in [6.45, 7) is 2.06. The monoisotopic (exact) mass is 347 g/mol. The van der Waals surface area contributed by atoms with E-state index in [4.69, 9.17) is 21.1 Å². The molecule has 0 aliphatic rings. The van der Waals surface area contributed by atoms with E-state index in [1.54, 1.807) is 26.4 Å². The van der Waals surface area contributed by atoms with Crippen molar-refractivity contribution in [1.29, 1.82) is 0 Å². The van der Waals surface area contributed by atoms with E-state index in [1.165, 1.54) is 0 Å². The summed E-state index contributed by atoms with van der Waals surface area (Å²) >= 11 is 6.26. The lowest BCUT2D eigenvalue weighted by atomic mass is 9.93. The minimum absolute atomic E-state index is 0.0860. The van der Waals surface area contributed by atoms with E-state index in [0.29, 0.717) is 22.2 Å². The van der Waals surface area contributed by atoms with Crippen molar-refractivity contribution >= 4 is 23.2 Å². The maximum absolute atomic E-state index is 12.8. The van der Waals surface area contributed by atoms with Gasteiger partial charge in [0.1, 0.15) is 0 Å². The number of methoxy groups -OCH3 is 2. The molecule has 5 heteroatoms. The third-order valence-electron chi connectivity index (χ3n) is 3.83. The first kappa shape index (κ1) is 18.1. The van der Waals surface area contributed by atoms with Gasteiger partial charge in [0.05, 0.1) is 30.8 Å². The first-order valence-corrected chi connectivity index (χ1v) is 8.25. The number of ether oxygens (including phenoxy) is 2. The van der Waals surface area contributed by atoms with Crippen LogP contribution in [0.25, 0.3) is 0 Å². The van der Waals surface area contributed by atoms with E-state index in [9.17, 15) is 4.79 Å². The normalized spacial score (nSPS) is 11.7. The Balaban J connectivity index is 2.27. The van der Waals surface area contributed by atoms with Gasteiger partial charge in [-0.25, -0.2) is 0 Å². The maximum atomic E-state index is 12.8. The number of carbonyl (C=O) groups is 1. The molecule has 0 aromatic heterocycles. The molecule has 2 aromatic carbocycles. The van der Waals surface area contributed by atoms with Crippen LogP contribution in [-0.2, 0) is 4.79 Å². The van der Waals surface area contributed by atoms with Gasteiger partial charge in [0.25, 0.3) is 0 Å². The molecule has 4 nitrogen and oxygen atoms in total. The molecule has 0 fully saturated rings. The van der Waals surface area contributed by atoms with Gasteiger partial charge in [0.15, 0.2) is 11.5 Å². The molecule has 24 heavy (non-hydrogen) atoms. The number of carbonyl (C=O) groups excluding carboxylic acids is 1. The molecule has 1 N–H and O–H groups in total. The standard InChI is InChI=1S/C19H22ClNO3/c1-4-8-14(13-9-6-5-7-10-13)19(22)21-16-12-18(24-3)17(23-2)11-15(16)20/h5-7,9-12,14H,4,8H2,1-3H3,(H,21,22). The van der Waals surface area contributed by atoms with Gasteiger partial charge in [-0.3, -0.25) is 4.79 Å². The molecule has 0 saturated carbocycles. The topological polar surface area (TPSA) is 47.6 Å². The summed E-state index contributed by atoms with van der Waals surface area (Å²) in [6, 6.07) is 13.1. The summed E-state index contributed by atoms with van der Waals surface area (Å²) in [5, 5.41) is 3.32. The smallest absolute Gasteiger partial charge is 0.231 e. The Hall–Kier alpha value is -2.20. The first-order chi connectivity index (χ1) is 11.6. The number of amides is 1. The van der Waals surface area contributed by atoms with Crippen LogP contribution in [0.1, 0.15) is 31.2 Å².